The summed E-state index contributed by atoms with van der Waals surface area (Å²) in [6.07, 6.45) is 4.04. The van der Waals surface area contributed by atoms with Crippen LogP contribution in [0.15, 0.2) is 23.8 Å². The van der Waals surface area contributed by atoms with E-state index in [1.54, 1.807) is 26.8 Å². The zero-order valence-electron chi connectivity index (χ0n) is 24.1. The van der Waals surface area contributed by atoms with Crippen LogP contribution in [-0.4, -0.2) is 53.5 Å². The topological polar surface area (TPSA) is 89.9 Å². The molecule has 0 bridgehead atoms. The van der Waals surface area contributed by atoms with Crippen molar-refractivity contribution in [2.24, 2.45) is 45.3 Å². The quantitative estimate of drug-likeness (QED) is 0.482. The van der Waals surface area contributed by atoms with Crippen molar-refractivity contribution in [2.45, 2.75) is 91.5 Å². The molecule has 5 rings (SSSR count). The largest absolute Gasteiger partial charge is 0.460 e. The number of ether oxygens (including phenoxy) is 2. The molecule has 0 aromatic heterocycles. The van der Waals surface area contributed by atoms with Gasteiger partial charge in [0.25, 0.3) is 0 Å². The van der Waals surface area contributed by atoms with Crippen molar-refractivity contribution in [3.05, 3.63) is 23.8 Å². The van der Waals surface area contributed by atoms with Crippen molar-refractivity contribution in [1.82, 2.24) is 0 Å². The van der Waals surface area contributed by atoms with Crippen molar-refractivity contribution in [1.29, 1.82) is 0 Å². The van der Waals surface area contributed by atoms with Crippen LogP contribution < -0.4 is 0 Å². The number of allylic oxidation sites excluding steroid dienone is 4. The summed E-state index contributed by atoms with van der Waals surface area (Å²) in [6.45, 7) is 11.9. The van der Waals surface area contributed by atoms with Gasteiger partial charge in [-0.15, -0.1) is 0 Å². The summed E-state index contributed by atoms with van der Waals surface area (Å²) < 4.78 is 42.3. The molecule has 5 aliphatic carbocycles. The molecule has 1 N–H and O–H groups in total. The van der Waals surface area contributed by atoms with E-state index in [2.05, 4.69) is 0 Å². The smallest absolute Gasteiger partial charge is 0.351 e. The molecule has 0 aromatic rings. The van der Waals surface area contributed by atoms with E-state index in [0.717, 1.165) is 0 Å². The number of ketones is 1. The van der Waals surface area contributed by atoms with E-state index >= 15 is 4.39 Å². The number of halogens is 2. The predicted octanol–water partition coefficient (Wildman–Crippen LogP) is 5.08. The third-order valence-corrected chi connectivity index (χ3v) is 12.3. The minimum atomic E-state index is -2.08. The van der Waals surface area contributed by atoms with Crippen LogP contribution in [0.3, 0.4) is 0 Å². The number of alkyl halides is 2. The van der Waals surface area contributed by atoms with Crippen molar-refractivity contribution in [3.63, 3.8) is 0 Å². The van der Waals surface area contributed by atoms with E-state index in [4.69, 9.17) is 9.47 Å². The molecule has 8 atom stereocenters. The van der Waals surface area contributed by atoms with Gasteiger partial charge in [-0.1, -0.05) is 53.2 Å². The molecule has 0 spiro atoms. The van der Waals surface area contributed by atoms with E-state index in [1.807, 2.05) is 27.7 Å². The highest BCUT2D eigenvalue weighted by atomic mass is 19.1. The first-order chi connectivity index (χ1) is 18.0. The molecule has 0 heterocycles. The van der Waals surface area contributed by atoms with Gasteiger partial charge in [-0.3, -0.25) is 9.59 Å². The van der Waals surface area contributed by atoms with Gasteiger partial charge < -0.3 is 14.6 Å². The Morgan fingerprint density at radius 2 is 1.74 bits per heavy atom. The Kier molecular flexibility index (Phi) is 6.17. The maximum absolute atomic E-state index is 17.5. The lowest BCUT2D eigenvalue weighted by Crippen LogP contribution is -2.70. The first kappa shape index (κ1) is 28.4. The molecular weight excluding hydrogens is 506 g/mol. The Labute approximate surface area is 229 Å². The van der Waals surface area contributed by atoms with Gasteiger partial charge in [0.2, 0.25) is 5.60 Å². The van der Waals surface area contributed by atoms with Crippen LogP contribution in [0, 0.1) is 45.3 Å². The summed E-state index contributed by atoms with van der Waals surface area (Å²) in [7, 11) is 0. The number of fused-ring (bicyclic) bond motifs is 5. The second-order valence-corrected chi connectivity index (χ2v) is 14.3. The van der Waals surface area contributed by atoms with Gasteiger partial charge in [-0.05, 0) is 61.5 Å². The Balaban J connectivity index is 1.59. The summed E-state index contributed by atoms with van der Waals surface area (Å²) in [5.74, 6) is -3.61. The van der Waals surface area contributed by atoms with E-state index < -0.39 is 77.1 Å². The van der Waals surface area contributed by atoms with Gasteiger partial charge >= 0.3 is 11.9 Å². The van der Waals surface area contributed by atoms with Crippen LogP contribution in [0.2, 0.25) is 0 Å². The van der Waals surface area contributed by atoms with Crippen LogP contribution in [0.4, 0.5) is 8.78 Å². The molecule has 6 nitrogen and oxygen atoms in total. The summed E-state index contributed by atoms with van der Waals surface area (Å²) in [6, 6.07) is 0. The molecule has 0 radical (unpaired) electrons. The summed E-state index contributed by atoms with van der Waals surface area (Å²) in [5, 5.41) is 11.7. The van der Waals surface area contributed by atoms with Gasteiger partial charge in [0, 0.05) is 22.7 Å². The highest BCUT2D eigenvalue weighted by molar-refractivity contribution is 6.01. The Morgan fingerprint density at radius 1 is 1.10 bits per heavy atom. The SMILES string of the molecule is C[C@H]1C[C@H]2[C@@H]3CCC4=CC(=O)C=C[C@]4(C)[C@@]3(F)[C@@H](O)C[C@]2(C)[C@@]1(OC(=O)C1C(C)(C)C1(C)C)C(=O)OCCF. The highest BCUT2D eigenvalue weighted by Gasteiger charge is 2.79. The monoisotopic (exact) mass is 548 g/mol. The standard InChI is InChI=1S/C31H42F2O6/c1-17-14-21-20-9-8-18-15-19(34)10-11-28(18,6)30(20,33)22(35)16-29(21,7)31(17,25(37)38-13-12-32)39-24(36)23-26(2,3)27(23,4)5/h10-11,15,17,20-23,35H,8-9,12-14,16H2,1-7H3/t17-,20-,21-,22-,28-,29-,30-,31-/m0/s1. The number of hydrogen-bond donors (Lipinski definition) is 1. The first-order valence-electron chi connectivity index (χ1n) is 14.2. The zero-order chi connectivity index (χ0) is 29.0. The molecule has 216 valence electrons. The molecule has 0 unspecified atom stereocenters. The number of carbonyl (C=O) groups excluding carboxylic acids is 3. The maximum atomic E-state index is 17.5. The predicted molar refractivity (Wildman–Crippen MR) is 140 cm³/mol. The van der Waals surface area contributed by atoms with Gasteiger partial charge in [0.05, 0.1) is 12.0 Å². The lowest BCUT2D eigenvalue weighted by Gasteiger charge is -2.62. The molecule has 0 aliphatic heterocycles. The lowest BCUT2D eigenvalue weighted by molar-refractivity contribution is -0.237. The van der Waals surface area contributed by atoms with Crippen molar-refractivity contribution in [3.8, 4) is 0 Å². The molecule has 0 saturated heterocycles. The van der Waals surface area contributed by atoms with Crippen LogP contribution in [0.25, 0.3) is 0 Å². The lowest BCUT2D eigenvalue weighted by atomic mass is 9.44. The Bertz CT molecular complexity index is 1160. The summed E-state index contributed by atoms with van der Waals surface area (Å²) >= 11 is 0. The fraction of sp³-hybridized carbons (Fsp3) is 0.774. The van der Waals surface area contributed by atoms with E-state index in [0.29, 0.717) is 24.8 Å². The number of carbonyl (C=O) groups is 3. The Morgan fingerprint density at radius 3 is 2.33 bits per heavy atom. The molecule has 8 heteroatoms. The third kappa shape index (κ3) is 3.30. The molecular formula is C31H42F2O6. The van der Waals surface area contributed by atoms with E-state index in [9.17, 15) is 23.9 Å². The normalized spacial score (nSPS) is 45.5. The van der Waals surface area contributed by atoms with Crippen molar-refractivity contribution >= 4 is 17.7 Å². The number of aliphatic hydroxyl groups excluding tert-OH is 1. The van der Waals surface area contributed by atoms with Crippen molar-refractivity contribution in [2.75, 3.05) is 13.3 Å². The molecule has 4 fully saturated rings. The maximum Gasteiger partial charge on any atom is 0.351 e. The molecule has 0 aromatic carbocycles. The number of aliphatic hydroxyl groups is 1. The summed E-state index contributed by atoms with van der Waals surface area (Å²) in [4.78, 5) is 39.7. The number of esters is 2. The summed E-state index contributed by atoms with van der Waals surface area (Å²) in [5.41, 5.74) is -6.22. The van der Waals surface area contributed by atoms with Crippen LogP contribution in [0.1, 0.15) is 74.1 Å². The van der Waals surface area contributed by atoms with Gasteiger partial charge in [-0.2, -0.15) is 0 Å². The second kappa shape index (κ2) is 8.46. The van der Waals surface area contributed by atoms with Gasteiger partial charge in [0.15, 0.2) is 11.5 Å². The third-order valence-electron chi connectivity index (χ3n) is 12.3. The van der Waals surface area contributed by atoms with E-state index in [-0.39, 0.29) is 23.0 Å². The van der Waals surface area contributed by atoms with Crippen molar-refractivity contribution < 1.29 is 37.7 Å². The average molecular weight is 549 g/mol. The highest BCUT2D eigenvalue weighted by Crippen LogP contribution is 2.73. The second-order valence-electron chi connectivity index (χ2n) is 14.3. The number of rotatable bonds is 5. The minimum absolute atomic E-state index is 0.144. The van der Waals surface area contributed by atoms with Crippen LogP contribution in [-0.2, 0) is 23.9 Å². The Hall–Kier alpha value is -2.09. The number of hydrogen-bond acceptors (Lipinski definition) is 6. The van der Waals surface area contributed by atoms with Crippen LogP contribution >= 0.6 is 0 Å². The average Bonchev–Trinajstić information content (AvgIpc) is 3.16. The van der Waals surface area contributed by atoms with E-state index in [1.165, 1.54) is 12.2 Å². The molecule has 39 heavy (non-hydrogen) atoms. The van der Waals surface area contributed by atoms with Gasteiger partial charge in [-0.25, -0.2) is 13.6 Å². The molecule has 5 aliphatic rings. The van der Waals surface area contributed by atoms with Crippen LogP contribution in [0.5, 0.6) is 0 Å². The van der Waals surface area contributed by atoms with Gasteiger partial charge in [0.1, 0.15) is 13.3 Å². The minimum Gasteiger partial charge on any atom is -0.460 e. The zero-order valence-corrected chi connectivity index (χ0v) is 24.1. The molecule has 4 saturated carbocycles. The first-order valence-corrected chi connectivity index (χ1v) is 14.2. The fourth-order valence-corrected chi connectivity index (χ4v) is 9.47. The molecule has 0 amide bonds. The fourth-order valence-electron chi connectivity index (χ4n) is 9.47.